The van der Waals surface area contributed by atoms with Crippen molar-refractivity contribution in [1.29, 1.82) is 0 Å². The van der Waals surface area contributed by atoms with E-state index in [2.05, 4.69) is 33.0 Å². The minimum Gasteiger partial charge on any atom is -0.381 e. The standard InChI is InChI=1S/C12H23NO2/c1-9(12(2,3)4)13-11(14)10-5-7-15-8-6-10/h9-10H,5-8H2,1-4H3,(H,13,14). The lowest BCUT2D eigenvalue weighted by molar-refractivity contribution is -0.129. The molecule has 1 fully saturated rings. The van der Waals surface area contributed by atoms with Crippen molar-refractivity contribution in [1.82, 2.24) is 5.32 Å². The van der Waals surface area contributed by atoms with Crippen molar-refractivity contribution in [3.05, 3.63) is 0 Å². The molecule has 15 heavy (non-hydrogen) atoms. The molecule has 3 nitrogen and oxygen atoms in total. The molecule has 1 saturated heterocycles. The zero-order valence-corrected chi connectivity index (χ0v) is 10.3. The van der Waals surface area contributed by atoms with Crippen LogP contribution < -0.4 is 5.32 Å². The highest BCUT2D eigenvalue weighted by atomic mass is 16.5. The van der Waals surface area contributed by atoms with Crippen molar-refractivity contribution in [3.63, 3.8) is 0 Å². The highest BCUT2D eigenvalue weighted by Gasteiger charge is 2.26. The fourth-order valence-corrected chi connectivity index (χ4v) is 1.51. The molecule has 1 rings (SSSR count). The Morgan fingerprint density at radius 1 is 1.33 bits per heavy atom. The Morgan fingerprint density at radius 3 is 2.33 bits per heavy atom. The number of amides is 1. The second-order valence-electron chi connectivity index (χ2n) is 5.48. The number of rotatable bonds is 2. The van der Waals surface area contributed by atoms with Gasteiger partial charge >= 0.3 is 0 Å². The Kier molecular flexibility index (Phi) is 4.14. The van der Waals surface area contributed by atoms with Gasteiger partial charge in [0.2, 0.25) is 5.91 Å². The first kappa shape index (κ1) is 12.5. The first-order valence-electron chi connectivity index (χ1n) is 5.79. The summed E-state index contributed by atoms with van der Waals surface area (Å²) in [6.45, 7) is 9.94. The van der Waals surface area contributed by atoms with Crippen LogP contribution in [-0.2, 0) is 9.53 Å². The Morgan fingerprint density at radius 2 is 1.87 bits per heavy atom. The minimum atomic E-state index is 0.126. The molecule has 0 spiro atoms. The van der Waals surface area contributed by atoms with Gasteiger partial charge in [0.1, 0.15) is 0 Å². The Labute approximate surface area is 92.6 Å². The maximum Gasteiger partial charge on any atom is 0.223 e. The molecular formula is C12H23NO2. The lowest BCUT2D eigenvalue weighted by atomic mass is 9.87. The topological polar surface area (TPSA) is 38.3 Å². The van der Waals surface area contributed by atoms with E-state index in [1.807, 2.05) is 0 Å². The number of carbonyl (C=O) groups excluding carboxylic acids is 1. The summed E-state index contributed by atoms with van der Waals surface area (Å²) >= 11 is 0. The van der Waals surface area contributed by atoms with Gasteiger partial charge in [0.05, 0.1) is 0 Å². The summed E-state index contributed by atoms with van der Waals surface area (Å²) in [5.41, 5.74) is 0.126. The molecule has 3 heteroatoms. The average Bonchev–Trinajstić information content (AvgIpc) is 2.17. The van der Waals surface area contributed by atoms with Crippen molar-refractivity contribution in [3.8, 4) is 0 Å². The molecular weight excluding hydrogens is 190 g/mol. The molecule has 1 heterocycles. The first-order valence-corrected chi connectivity index (χ1v) is 5.79. The molecule has 0 saturated carbocycles. The van der Waals surface area contributed by atoms with Crippen LogP contribution in [0.3, 0.4) is 0 Å². The van der Waals surface area contributed by atoms with Gasteiger partial charge in [-0.2, -0.15) is 0 Å². The monoisotopic (exact) mass is 213 g/mol. The first-order chi connectivity index (χ1) is 6.91. The quantitative estimate of drug-likeness (QED) is 0.761. The number of ether oxygens (including phenoxy) is 1. The minimum absolute atomic E-state index is 0.126. The molecule has 1 atom stereocenters. The van der Waals surface area contributed by atoms with Gasteiger partial charge in [0.25, 0.3) is 0 Å². The normalized spacial score (nSPS) is 21.1. The molecule has 88 valence electrons. The van der Waals surface area contributed by atoms with Crippen molar-refractivity contribution >= 4 is 5.91 Å². The zero-order chi connectivity index (χ0) is 11.5. The SMILES string of the molecule is CC(NC(=O)C1CCOCC1)C(C)(C)C. The molecule has 1 aliphatic rings. The molecule has 0 aliphatic carbocycles. The highest BCUT2D eigenvalue weighted by Crippen LogP contribution is 2.20. The van der Waals surface area contributed by atoms with Gasteiger partial charge in [0, 0.05) is 25.2 Å². The third kappa shape index (κ3) is 3.82. The van der Waals surface area contributed by atoms with Crippen molar-refractivity contribution in [2.24, 2.45) is 11.3 Å². The van der Waals surface area contributed by atoms with E-state index in [4.69, 9.17) is 4.74 Å². The van der Waals surface area contributed by atoms with E-state index in [9.17, 15) is 4.79 Å². The van der Waals surface area contributed by atoms with Crippen LogP contribution in [0.5, 0.6) is 0 Å². The molecule has 0 aromatic rings. The summed E-state index contributed by atoms with van der Waals surface area (Å²) in [5.74, 6) is 0.351. The summed E-state index contributed by atoms with van der Waals surface area (Å²) in [5, 5.41) is 3.10. The summed E-state index contributed by atoms with van der Waals surface area (Å²) in [4.78, 5) is 11.9. The van der Waals surface area contributed by atoms with Crippen molar-refractivity contribution in [2.45, 2.75) is 46.6 Å². The van der Waals surface area contributed by atoms with E-state index in [0.717, 1.165) is 26.1 Å². The lowest BCUT2D eigenvalue weighted by Crippen LogP contribution is -2.45. The number of hydrogen-bond acceptors (Lipinski definition) is 2. The third-order valence-electron chi connectivity index (χ3n) is 3.25. The van der Waals surface area contributed by atoms with Gasteiger partial charge in [0.15, 0.2) is 0 Å². The summed E-state index contributed by atoms with van der Waals surface area (Å²) < 4.78 is 5.24. The van der Waals surface area contributed by atoms with E-state index in [1.165, 1.54) is 0 Å². The van der Waals surface area contributed by atoms with Gasteiger partial charge in [-0.3, -0.25) is 4.79 Å². The predicted molar refractivity (Wildman–Crippen MR) is 60.6 cm³/mol. The maximum atomic E-state index is 11.9. The highest BCUT2D eigenvalue weighted by molar-refractivity contribution is 5.79. The third-order valence-corrected chi connectivity index (χ3v) is 3.25. The molecule has 1 aliphatic heterocycles. The lowest BCUT2D eigenvalue weighted by Gasteiger charge is -2.30. The van der Waals surface area contributed by atoms with Crippen LogP contribution in [0.1, 0.15) is 40.5 Å². The van der Waals surface area contributed by atoms with Crippen LogP contribution in [0, 0.1) is 11.3 Å². The number of carbonyl (C=O) groups is 1. The molecule has 0 radical (unpaired) electrons. The van der Waals surface area contributed by atoms with E-state index in [-0.39, 0.29) is 23.3 Å². The van der Waals surface area contributed by atoms with E-state index < -0.39 is 0 Å². The van der Waals surface area contributed by atoms with Crippen LogP contribution in [-0.4, -0.2) is 25.2 Å². The van der Waals surface area contributed by atoms with Gasteiger partial charge in [-0.15, -0.1) is 0 Å². The number of hydrogen-bond donors (Lipinski definition) is 1. The van der Waals surface area contributed by atoms with Crippen LogP contribution in [0.2, 0.25) is 0 Å². The smallest absolute Gasteiger partial charge is 0.223 e. The second-order valence-corrected chi connectivity index (χ2v) is 5.48. The van der Waals surface area contributed by atoms with Crippen LogP contribution in [0.4, 0.5) is 0 Å². The van der Waals surface area contributed by atoms with Crippen LogP contribution >= 0.6 is 0 Å². The summed E-state index contributed by atoms with van der Waals surface area (Å²) in [6.07, 6.45) is 1.73. The largest absolute Gasteiger partial charge is 0.381 e. The Balaban J connectivity index is 2.40. The van der Waals surface area contributed by atoms with Gasteiger partial charge in [-0.25, -0.2) is 0 Å². The van der Waals surface area contributed by atoms with Gasteiger partial charge in [-0.05, 0) is 25.2 Å². The Hall–Kier alpha value is -0.570. The fourth-order valence-electron chi connectivity index (χ4n) is 1.51. The Bertz CT molecular complexity index is 214. The van der Waals surface area contributed by atoms with Crippen LogP contribution in [0.15, 0.2) is 0 Å². The van der Waals surface area contributed by atoms with Gasteiger partial charge < -0.3 is 10.1 Å². The van der Waals surface area contributed by atoms with E-state index >= 15 is 0 Å². The molecule has 0 aromatic carbocycles. The molecule has 1 unspecified atom stereocenters. The molecule has 0 bridgehead atoms. The fraction of sp³-hybridized carbons (Fsp3) is 0.917. The van der Waals surface area contributed by atoms with E-state index in [1.54, 1.807) is 0 Å². The van der Waals surface area contributed by atoms with E-state index in [0.29, 0.717) is 0 Å². The molecule has 1 N–H and O–H groups in total. The molecule has 1 amide bonds. The van der Waals surface area contributed by atoms with Crippen molar-refractivity contribution < 1.29 is 9.53 Å². The predicted octanol–water partition coefficient (Wildman–Crippen LogP) is 1.96. The maximum absolute atomic E-state index is 11.9. The summed E-state index contributed by atoms with van der Waals surface area (Å²) in [6, 6.07) is 0.216. The second kappa shape index (κ2) is 4.97. The molecule has 0 aromatic heterocycles. The van der Waals surface area contributed by atoms with Crippen molar-refractivity contribution in [2.75, 3.05) is 13.2 Å². The zero-order valence-electron chi connectivity index (χ0n) is 10.3. The van der Waals surface area contributed by atoms with Gasteiger partial charge in [-0.1, -0.05) is 20.8 Å². The average molecular weight is 213 g/mol. The van der Waals surface area contributed by atoms with Crippen LogP contribution in [0.25, 0.3) is 0 Å². The summed E-state index contributed by atoms with van der Waals surface area (Å²) in [7, 11) is 0. The number of nitrogens with one attached hydrogen (secondary N) is 1.